The third-order valence-corrected chi connectivity index (χ3v) is 4.92. The van der Waals surface area contributed by atoms with E-state index in [9.17, 15) is 9.18 Å². The summed E-state index contributed by atoms with van der Waals surface area (Å²) in [6.45, 7) is 6.60. The Bertz CT molecular complexity index is 988. The van der Waals surface area contributed by atoms with Crippen LogP contribution in [0, 0.1) is 26.6 Å². The molecule has 0 spiro atoms. The van der Waals surface area contributed by atoms with Gasteiger partial charge in [-0.3, -0.25) is 4.79 Å². The van der Waals surface area contributed by atoms with Crippen LogP contribution in [0.5, 0.6) is 0 Å². The molecule has 2 aromatic carbocycles. The first kappa shape index (κ1) is 17.4. The van der Waals surface area contributed by atoms with Crippen molar-refractivity contribution >= 4 is 11.6 Å². The maximum atomic E-state index is 13.1. The van der Waals surface area contributed by atoms with Crippen LogP contribution in [0.2, 0.25) is 0 Å². The molecule has 1 aliphatic rings. The number of carbonyl (C=O) groups excluding carboxylic acids is 1. The molecule has 3 aromatic rings. The fourth-order valence-electron chi connectivity index (χ4n) is 3.80. The summed E-state index contributed by atoms with van der Waals surface area (Å²) in [4.78, 5) is 18.9. The Morgan fingerprint density at radius 3 is 2.44 bits per heavy atom. The molecule has 1 atom stereocenters. The second-order valence-electron chi connectivity index (χ2n) is 7.12. The lowest BCUT2D eigenvalue weighted by Gasteiger charge is -2.21. The number of aromatic nitrogens is 2. The van der Waals surface area contributed by atoms with Crippen LogP contribution in [0.3, 0.4) is 0 Å². The van der Waals surface area contributed by atoms with Crippen molar-refractivity contribution in [3.05, 3.63) is 64.8 Å². The Morgan fingerprint density at radius 1 is 1.11 bits per heavy atom. The van der Waals surface area contributed by atoms with E-state index in [1.807, 2.05) is 25.7 Å². The highest BCUT2D eigenvalue weighted by Gasteiger charge is 2.36. The molecule has 2 heterocycles. The molecule has 0 bridgehead atoms. The zero-order chi connectivity index (χ0) is 19.1. The Hall–Kier alpha value is -3.02. The van der Waals surface area contributed by atoms with Crippen LogP contribution in [0.15, 0.2) is 40.9 Å². The summed E-state index contributed by atoms with van der Waals surface area (Å²) in [6, 6.07) is 10.1. The van der Waals surface area contributed by atoms with Gasteiger partial charge in [-0.15, -0.1) is 0 Å². The number of halogens is 1. The number of benzene rings is 2. The van der Waals surface area contributed by atoms with Crippen molar-refractivity contribution in [2.45, 2.75) is 33.1 Å². The normalized spacial score (nSPS) is 17.0. The molecule has 1 aliphatic heterocycles. The predicted molar refractivity (Wildman–Crippen MR) is 100 cm³/mol. The van der Waals surface area contributed by atoms with Gasteiger partial charge in [0, 0.05) is 24.2 Å². The van der Waals surface area contributed by atoms with Crippen molar-refractivity contribution in [3.8, 4) is 11.4 Å². The Labute approximate surface area is 156 Å². The summed E-state index contributed by atoms with van der Waals surface area (Å²) in [7, 11) is 0. The highest BCUT2D eigenvalue weighted by atomic mass is 19.1. The Balaban J connectivity index is 1.59. The molecule has 138 valence electrons. The Morgan fingerprint density at radius 2 is 1.78 bits per heavy atom. The van der Waals surface area contributed by atoms with Gasteiger partial charge in [0.05, 0.1) is 5.92 Å². The lowest BCUT2D eigenvalue weighted by Crippen LogP contribution is -2.26. The highest BCUT2D eigenvalue weighted by Crippen LogP contribution is 2.35. The van der Waals surface area contributed by atoms with Crippen LogP contribution < -0.4 is 4.90 Å². The van der Waals surface area contributed by atoms with Gasteiger partial charge in [0.1, 0.15) is 5.82 Å². The first-order valence-electron chi connectivity index (χ1n) is 8.90. The van der Waals surface area contributed by atoms with E-state index >= 15 is 0 Å². The van der Waals surface area contributed by atoms with Crippen molar-refractivity contribution in [1.29, 1.82) is 0 Å². The number of amides is 1. The lowest BCUT2D eigenvalue weighted by molar-refractivity contribution is -0.117. The van der Waals surface area contributed by atoms with Gasteiger partial charge in [0.2, 0.25) is 17.6 Å². The molecule has 27 heavy (non-hydrogen) atoms. The van der Waals surface area contributed by atoms with Crippen molar-refractivity contribution in [2.75, 3.05) is 11.4 Å². The standard InChI is InChI=1S/C21H20FN3O2/c1-12-8-13(2)19(14(3)9-12)25-11-16(10-18(25)26)21-23-20(24-27-21)15-4-6-17(22)7-5-15/h4-9,16H,10-11H2,1-3H3. The molecule has 1 saturated heterocycles. The topological polar surface area (TPSA) is 59.2 Å². The van der Waals surface area contributed by atoms with Crippen molar-refractivity contribution in [1.82, 2.24) is 10.1 Å². The molecule has 4 rings (SSSR count). The average molecular weight is 365 g/mol. The number of nitrogens with zero attached hydrogens (tertiary/aromatic N) is 3. The highest BCUT2D eigenvalue weighted by molar-refractivity contribution is 5.97. The van der Waals surface area contributed by atoms with Gasteiger partial charge in [-0.05, 0) is 56.2 Å². The smallest absolute Gasteiger partial charge is 0.232 e. The van der Waals surface area contributed by atoms with Crippen molar-refractivity contribution in [2.24, 2.45) is 0 Å². The van der Waals surface area contributed by atoms with E-state index in [4.69, 9.17) is 4.52 Å². The number of aryl methyl sites for hydroxylation is 3. The molecule has 1 fully saturated rings. The van der Waals surface area contributed by atoms with Crippen LogP contribution in [0.1, 0.15) is 34.9 Å². The zero-order valence-electron chi connectivity index (χ0n) is 15.5. The van der Waals surface area contributed by atoms with Gasteiger partial charge >= 0.3 is 0 Å². The van der Waals surface area contributed by atoms with Gasteiger partial charge in [-0.25, -0.2) is 4.39 Å². The zero-order valence-corrected chi connectivity index (χ0v) is 15.5. The first-order valence-corrected chi connectivity index (χ1v) is 8.90. The number of hydrogen-bond acceptors (Lipinski definition) is 4. The second-order valence-corrected chi connectivity index (χ2v) is 7.12. The monoisotopic (exact) mass is 365 g/mol. The van der Waals surface area contributed by atoms with E-state index in [0.717, 1.165) is 16.8 Å². The molecule has 5 nitrogen and oxygen atoms in total. The maximum Gasteiger partial charge on any atom is 0.232 e. The molecule has 0 radical (unpaired) electrons. The minimum Gasteiger partial charge on any atom is -0.339 e. The van der Waals surface area contributed by atoms with E-state index < -0.39 is 0 Å². The minimum atomic E-state index is -0.316. The molecular formula is C21H20FN3O2. The minimum absolute atomic E-state index is 0.0524. The number of anilines is 1. The third kappa shape index (κ3) is 3.23. The fraction of sp³-hybridized carbons (Fsp3) is 0.286. The molecule has 1 unspecified atom stereocenters. The Kier molecular flexibility index (Phi) is 4.26. The third-order valence-electron chi connectivity index (χ3n) is 4.92. The molecule has 6 heteroatoms. The van der Waals surface area contributed by atoms with Crippen LogP contribution in [0.25, 0.3) is 11.4 Å². The number of rotatable bonds is 3. The summed E-state index contributed by atoms with van der Waals surface area (Å²) >= 11 is 0. The van der Waals surface area contributed by atoms with Crippen molar-refractivity contribution < 1.29 is 13.7 Å². The maximum absolute atomic E-state index is 13.1. The molecule has 1 aromatic heterocycles. The van der Waals surface area contributed by atoms with Gasteiger partial charge in [0.15, 0.2) is 0 Å². The van der Waals surface area contributed by atoms with Crippen molar-refractivity contribution in [3.63, 3.8) is 0 Å². The first-order chi connectivity index (χ1) is 12.9. The summed E-state index contributed by atoms with van der Waals surface area (Å²) in [5.41, 5.74) is 4.99. The summed E-state index contributed by atoms with van der Waals surface area (Å²) < 4.78 is 18.5. The van der Waals surface area contributed by atoms with Crippen LogP contribution >= 0.6 is 0 Å². The van der Waals surface area contributed by atoms with E-state index in [-0.39, 0.29) is 17.6 Å². The van der Waals surface area contributed by atoms with E-state index in [1.165, 1.54) is 17.7 Å². The quantitative estimate of drug-likeness (QED) is 0.693. The predicted octanol–water partition coefficient (Wildman–Crippen LogP) is 4.32. The van der Waals surface area contributed by atoms with Gasteiger partial charge in [-0.1, -0.05) is 22.9 Å². The van der Waals surface area contributed by atoms with Crippen LogP contribution in [0.4, 0.5) is 10.1 Å². The van der Waals surface area contributed by atoms with E-state index in [2.05, 4.69) is 22.3 Å². The summed E-state index contributed by atoms with van der Waals surface area (Å²) in [6.07, 6.45) is 0.331. The molecule has 1 amide bonds. The largest absolute Gasteiger partial charge is 0.339 e. The van der Waals surface area contributed by atoms with E-state index in [1.54, 1.807) is 12.1 Å². The van der Waals surface area contributed by atoms with Crippen LogP contribution in [-0.4, -0.2) is 22.6 Å². The molecule has 0 saturated carbocycles. The SMILES string of the molecule is Cc1cc(C)c(N2CC(c3nc(-c4ccc(F)cc4)no3)CC2=O)c(C)c1. The molecule has 0 aliphatic carbocycles. The number of carbonyl (C=O) groups is 1. The fourth-order valence-corrected chi connectivity index (χ4v) is 3.80. The van der Waals surface area contributed by atoms with Gasteiger partial charge < -0.3 is 9.42 Å². The average Bonchev–Trinajstić information content (AvgIpc) is 3.22. The van der Waals surface area contributed by atoms with Gasteiger partial charge in [-0.2, -0.15) is 4.98 Å². The lowest BCUT2D eigenvalue weighted by atomic mass is 10.0. The second kappa shape index (κ2) is 6.61. The summed E-state index contributed by atoms with van der Waals surface area (Å²) in [5, 5.41) is 3.99. The van der Waals surface area contributed by atoms with E-state index in [0.29, 0.717) is 30.2 Å². The van der Waals surface area contributed by atoms with Crippen LogP contribution in [-0.2, 0) is 4.79 Å². The molecular weight excluding hydrogens is 345 g/mol. The molecule has 0 N–H and O–H groups in total. The van der Waals surface area contributed by atoms with Gasteiger partial charge in [0.25, 0.3) is 0 Å². The summed E-state index contributed by atoms with van der Waals surface area (Å²) in [5.74, 6) is 0.422. The number of hydrogen-bond donors (Lipinski definition) is 0.